The molecule has 0 fully saturated rings. The summed E-state index contributed by atoms with van der Waals surface area (Å²) in [6.45, 7) is 5.26. The number of hydrogen-bond donors (Lipinski definition) is 1. The first-order chi connectivity index (χ1) is 6.24. The fraction of sp³-hybridized carbons (Fsp3) is 0.667. The van der Waals surface area contributed by atoms with Gasteiger partial charge < -0.3 is 9.88 Å². The van der Waals surface area contributed by atoms with E-state index in [1.54, 1.807) is 0 Å². The minimum absolute atomic E-state index is 0.440. The summed E-state index contributed by atoms with van der Waals surface area (Å²) in [5.41, 5.74) is 0. The Morgan fingerprint density at radius 1 is 1.62 bits per heavy atom. The fourth-order valence-electron chi connectivity index (χ4n) is 1.08. The number of aromatic nitrogens is 2. The number of hydrogen-bond acceptors (Lipinski definition) is 3. The van der Waals surface area contributed by atoms with E-state index in [1.165, 1.54) is 0 Å². The minimum atomic E-state index is 0.440. The fourth-order valence-corrected chi connectivity index (χ4v) is 1.46. The molecule has 4 heteroatoms. The number of rotatable bonds is 5. The maximum Gasteiger partial charge on any atom is 0.202 e. The van der Waals surface area contributed by atoms with Gasteiger partial charge in [0.05, 0.1) is 0 Å². The van der Waals surface area contributed by atoms with Crippen LogP contribution < -0.4 is 5.32 Å². The predicted octanol–water partition coefficient (Wildman–Crippen LogP) is 2.07. The third-order valence-corrected chi connectivity index (χ3v) is 2.26. The topological polar surface area (TPSA) is 29.9 Å². The largest absolute Gasteiger partial charge is 0.353 e. The van der Waals surface area contributed by atoms with Gasteiger partial charge in [-0.3, -0.25) is 0 Å². The van der Waals surface area contributed by atoms with E-state index < -0.39 is 0 Å². The lowest BCUT2D eigenvalue weighted by Crippen LogP contribution is -2.15. The molecule has 0 saturated heterocycles. The highest BCUT2D eigenvalue weighted by Gasteiger charge is 2.02. The molecule has 0 aromatic carbocycles. The number of thioether (sulfide) groups is 1. The van der Waals surface area contributed by atoms with Crippen molar-refractivity contribution in [2.24, 2.45) is 0 Å². The van der Waals surface area contributed by atoms with Crippen LogP contribution in [0, 0.1) is 0 Å². The van der Waals surface area contributed by atoms with Crippen LogP contribution >= 0.6 is 11.8 Å². The number of imidazole rings is 1. The SMILES string of the molecule is CSCCn1ccnc1NC(C)C. The van der Waals surface area contributed by atoms with Crippen LogP contribution in [0.1, 0.15) is 13.8 Å². The van der Waals surface area contributed by atoms with Crippen LogP contribution in [-0.2, 0) is 6.54 Å². The molecular weight excluding hydrogens is 182 g/mol. The van der Waals surface area contributed by atoms with Crippen molar-refractivity contribution in [2.45, 2.75) is 26.4 Å². The highest BCUT2D eigenvalue weighted by molar-refractivity contribution is 7.98. The zero-order valence-corrected chi connectivity index (χ0v) is 9.27. The molecule has 0 aliphatic carbocycles. The first-order valence-electron chi connectivity index (χ1n) is 4.50. The molecule has 74 valence electrons. The maximum atomic E-state index is 4.25. The second-order valence-electron chi connectivity index (χ2n) is 3.24. The monoisotopic (exact) mass is 199 g/mol. The molecule has 0 saturated carbocycles. The Morgan fingerprint density at radius 2 is 2.38 bits per heavy atom. The van der Waals surface area contributed by atoms with Gasteiger partial charge in [0.15, 0.2) is 0 Å². The summed E-state index contributed by atoms with van der Waals surface area (Å²) in [5, 5.41) is 3.30. The number of aryl methyl sites for hydroxylation is 1. The van der Waals surface area contributed by atoms with Gasteiger partial charge in [0, 0.05) is 30.7 Å². The Labute approximate surface area is 83.9 Å². The Morgan fingerprint density at radius 3 is 3.00 bits per heavy atom. The van der Waals surface area contributed by atoms with Gasteiger partial charge in [-0.1, -0.05) is 0 Å². The van der Waals surface area contributed by atoms with Gasteiger partial charge in [-0.05, 0) is 20.1 Å². The average Bonchev–Trinajstić information content (AvgIpc) is 2.48. The van der Waals surface area contributed by atoms with Gasteiger partial charge in [0.1, 0.15) is 0 Å². The summed E-state index contributed by atoms with van der Waals surface area (Å²) in [4.78, 5) is 4.25. The molecule has 0 bridgehead atoms. The van der Waals surface area contributed by atoms with Crippen molar-refractivity contribution >= 4 is 17.7 Å². The predicted molar refractivity (Wildman–Crippen MR) is 59.4 cm³/mol. The lowest BCUT2D eigenvalue weighted by atomic mass is 10.4. The summed E-state index contributed by atoms with van der Waals surface area (Å²) in [5.74, 6) is 2.10. The lowest BCUT2D eigenvalue weighted by Gasteiger charge is -2.11. The summed E-state index contributed by atoms with van der Waals surface area (Å²) < 4.78 is 2.15. The van der Waals surface area contributed by atoms with Crippen LogP contribution in [-0.4, -0.2) is 27.6 Å². The van der Waals surface area contributed by atoms with Crippen molar-refractivity contribution in [3.8, 4) is 0 Å². The zero-order valence-electron chi connectivity index (χ0n) is 8.45. The molecule has 1 N–H and O–H groups in total. The molecule has 0 radical (unpaired) electrons. The van der Waals surface area contributed by atoms with Crippen LogP contribution in [0.15, 0.2) is 12.4 Å². The van der Waals surface area contributed by atoms with E-state index in [2.05, 4.69) is 35.0 Å². The second-order valence-corrected chi connectivity index (χ2v) is 4.22. The van der Waals surface area contributed by atoms with Crippen LogP contribution in [0.2, 0.25) is 0 Å². The maximum absolute atomic E-state index is 4.25. The van der Waals surface area contributed by atoms with Gasteiger partial charge in [-0.15, -0.1) is 0 Å². The van der Waals surface area contributed by atoms with Crippen molar-refractivity contribution in [1.82, 2.24) is 9.55 Å². The second kappa shape index (κ2) is 5.17. The molecule has 1 heterocycles. The molecule has 1 rings (SSSR count). The Bertz CT molecular complexity index is 245. The van der Waals surface area contributed by atoms with Crippen molar-refractivity contribution in [1.29, 1.82) is 0 Å². The van der Waals surface area contributed by atoms with Gasteiger partial charge >= 0.3 is 0 Å². The van der Waals surface area contributed by atoms with Gasteiger partial charge in [0.2, 0.25) is 5.95 Å². The standard InChI is InChI=1S/C9H17N3S/c1-8(2)11-9-10-4-5-12(9)6-7-13-3/h4-5,8H,6-7H2,1-3H3,(H,10,11). The van der Waals surface area contributed by atoms with Gasteiger partial charge in [0.25, 0.3) is 0 Å². The van der Waals surface area contributed by atoms with E-state index in [0.717, 1.165) is 18.2 Å². The van der Waals surface area contributed by atoms with Gasteiger partial charge in [-0.25, -0.2) is 4.98 Å². The quantitative estimate of drug-likeness (QED) is 0.787. The van der Waals surface area contributed by atoms with Crippen LogP contribution in [0.25, 0.3) is 0 Å². The first kappa shape index (κ1) is 10.4. The van der Waals surface area contributed by atoms with E-state index >= 15 is 0 Å². The molecular formula is C9H17N3S. The van der Waals surface area contributed by atoms with Crippen LogP contribution in [0.5, 0.6) is 0 Å². The third-order valence-electron chi connectivity index (χ3n) is 1.67. The first-order valence-corrected chi connectivity index (χ1v) is 5.90. The zero-order chi connectivity index (χ0) is 9.68. The molecule has 0 amide bonds. The molecule has 3 nitrogen and oxygen atoms in total. The smallest absolute Gasteiger partial charge is 0.202 e. The van der Waals surface area contributed by atoms with Crippen molar-refractivity contribution in [2.75, 3.05) is 17.3 Å². The summed E-state index contributed by atoms with van der Waals surface area (Å²) >= 11 is 1.85. The molecule has 0 aliphatic rings. The van der Waals surface area contributed by atoms with E-state index in [9.17, 15) is 0 Å². The van der Waals surface area contributed by atoms with Crippen LogP contribution in [0.3, 0.4) is 0 Å². The van der Waals surface area contributed by atoms with E-state index in [1.807, 2.05) is 24.2 Å². The summed E-state index contributed by atoms with van der Waals surface area (Å²) in [7, 11) is 0. The summed E-state index contributed by atoms with van der Waals surface area (Å²) in [6.07, 6.45) is 5.97. The third kappa shape index (κ3) is 3.30. The van der Waals surface area contributed by atoms with Crippen molar-refractivity contribution in [3.63, 3.8) is 0 Å². The minimum Gasteiger partial charge on any atom is -0.353 e. The average molecular weight is 199 g/mol. The molecule has 0 unspecified atom stereocenters. The molecule has 0 atom stereocenters. The molecule has 0 spiro atoms. The Kier molecular flexibility index (Phi) is 4.15. The van der Waals surface area contributed by atoms with Crippen molar-refractivity contribution in [3.05, 3.63) is 12.4 Å². The Balaban J connectivity index is 2.55. The molecule has 1 aromatic heterocycles. The van der Waals surface area contributed by atoms with E-state index in [0.29, 0.717) is 6.04 Å². The lowest BCUT2D eigenvalue weighted by molar-refractivity contribution is 0.754. The Hall–Kier alpha value is -0.640. The normalized spacial score (nSPS) is 10.8. The van der Waals surface area contributed by atoms with Crippen molar-refractivity contribution < 1.29 is 0 Å². The van der Waals surface area contributed by atoms with Crippen LogP contribution in [0.4, 0.5) is 5.95 Å². The number of nitrogens with zero attached hydrogens (tertiary/aromatic N) is 2. The number of nitrogens with one attached hydrogen (secondary N) is 1. The van der Waals surface area contributed by atoms with E-state index in [4.69, 9.17) is 0 Å². The van der Waals surface area contributed by atoms with E-state index in [-0.39, 0.29) is 0 Å². The molecule has 1 aromatic rings. The highest BCUT2D eigenvalue weighted by atomic mass is 32.2. The summed E-state index contributed by atoms with van der Waals surface area (Å²) in [6, 6.07) is 0.440. The molecule has 0 aliphatic heterocycles. The van der Waals surface area contributed by atoms with Gasteiger partial charge in [-0.2, -0.15) is 11.8 Å². The molecule has 13 heavy (non-hydrogen) atoms. The number of anilines is 1. The highest BCUT2D eigenvalue weighted by Crippen LogP contribution is 2.07.